The van der Waals surface area contributed by atoms with Crippen LogP contribution in [0.2, 0.25) is 0 Å². The standard InChI is InChI=1S/C21H25N3O5/c22-16-9-12-24(20(26)23-16)17-13-27-18(29-17)14-28-19(25)21(10-5-2-6-11-21)15-7-3-1-4-8-15/h1,3-4,7-9,12,17-18H,2,5-6,10-11,13-14H2,(H2,22,23,26)/t17-,18-/m0/s1. The Morgan fingerprint density at radius 1 is 1.21 bits per heavy atom. The van der Waals surface area contributed by atoms with Crippen molar-refractivity contribution in [2.45, 2.75) is 50.0 Å². The van der Waals surface area contributed by atoms with Gasteiger partial charge in [0.25, 0.3) is 0 Å². The van der Waals surface area contributed by atoms with Crippen molar-refractivity contribution in [1.82, 2.24) is 9.55 Å². The van der Waals surface area contributed by atoms with Gasteiger partial charge in [0.1, 0.15) is 12.4 Å². The maximum absolute atomic E-state index is 13.1. The van der Waals surface area contributed by atoms with Crippen molar-refractivity contribution in [3.63, 3.8) is 0 Å². The number of nitrogens with two attached hydrogens (primary N) is 1. The fraction of sp³-hybridized carbons (Fsp3) is 0.476. The number of anilines is 1. The van der Waals surface area contributed by atoms with Crippen LogP contribution in [0.5, 0.6) is 0 Å². The van der Waals surface area contributed by atoms with Crippen LogP contribution >= 0.6 is 0 Å². The number of carbonyl (C=O) groups is 1. The molecule has 4 rings (SSSR count). The number of nitrogens with zero attached hydrogens (tertiary/aromatic N) is 2. The van der Waals surface area contributed by atoms with Crippen molar-refractivity contribution in [3.8, 4) is 0 Å². The second-order valence-electron chi connectivity index (χ2n) is 7.50. The molecule has 2 atom stereocenters. The molecule has 0 radical (unpaired) electrons. The van der Waals surface area contributed by atoms with E-state index in [0.717, 1.165) is 37.7 Å². The van der Waals surface area contributed by atoms with Gasteiger partial charge in [-0.25, -0.2) is 4.79 Å². The van der Waals surface area contributed by atoms with Crippen molar-refractivity contribution >= 4 is 11.8 Å². The molecule has 2 aromatic rings. The minimum Gasteiger partial charge on any atom is -0.460 e. The molecule has 0 unspecified atom stereocenters. The number of rotatable bonds is 5. The first-order valence-electron chi connectivity index (χ1n) is 9.93. The number of aromatic nitrogens is 2. The van der Waals surface area contributed by atoms with Gasteiger partial charge in [-0.15, -0.1) is 0 Å². The maximum atomic E-state index is 13.1. The van der Waals surface area contributed by atoms with Crippen LogP contribution in [0.1, 0.15) is 43.9 Å². The van der Waals surface area contributed by atoms with E-state index in [0.29, 0.717) is 0 Å². The summed E-state index contributed by atoms with van der Waals surface area (Å²) in [6.07, 6.45) is 4.82. The van der Waals surface area contributed by atoms with Crippen LogP contribution in [-0.4, -0.2) is 35.0 Å². The third-order valence-electron chi connectivity index (χ3n) is 5.67. The topological polar surface area (TPSA) is 106 Å². The minimum absolute atomic E-state index is 0.0267. The molecule has 2 fully saturated rings. The van der Waals surface area contributed by atoms with Gasteiger partial charge in [0.05, 0.1) is 12.0 Å². The molecule has 8 heteroatoms. The van der Waals surface area contributed by atoms with Crippen molar-refractivity contribution < 1.29 is 19.0 Å². The highest BCUT2D eigenvalue weighted by molar-refractivity contribution is 5.83. The molecule has 8 nitrogen and oxygen atoms in total. The second kappa shape index (κ2) is 8.34. The monoisotopic (exact) mass is 399 g/mol. The number of nitrogen functional groups attached to an aromatic ring is 1. The highest BCUT2D eigenvalue weighted by atomic mass is 16.7. The van der Waals surface area contributed by atoms with E-state index in [1.807, 2.05) is 30.3 Å². The quantitative estimate of drug-likeness (QED) is 0.768. The van der Waals surface area contributed by atoms with Crippen LogP contribution in [0.15, 0.2) is 47.4 Å². The van der Waals surface area contributed by atoms with E-state index < -0.39 is 23.6 Å². The third kappa shape index (κ3) is 4.04. The lowest BCUT2D eigenvalue weighted by Crippen LogP contribution is -2.40. The fourth-order valence-electron chi connectivity index (χ4n) is 4.13. The molecule has 2 N–H and O–H groups in total. The lowest BCUT2D eigenvalue weighted by atomic mass is 9.69. The van der Waals surface area contributed by atoms with Gasteiger partial charge >= 0.3 is 11.7 Å². The largest absolute Gasteiger partial charge is 0.460 e. The average molecular weight is 399 g/mol. The molecule has 0 amide bonds. The van der Waals surface area contributed by atoms with Crippen LogP contribution < -0.4 is 11.4 Å². The van der Waals surface area contributed by atoms with E-state index in [2.05, 4.69) is 4.98 Å². The Labute approximate surface area is 168 Å². The normalized spacial score (nSPS) is 23.6. The van der Waals surface area contributed by atoms with E-state index in [9.17, 15) is 9.59 Å². The Balaban J connectivity index is 1.40. The number of hydrogen-bond acceptors (Lipinski definition) is 7. The van der Waals surface area contributed by atoms with Crippen molar-refractivity contribution in [1.29, 1.82) is 0 Å². The van der Waals surface area contributed by atoms with Gasteiger partial charge in [0.2, 0.25) is 0 Å². The summed E-state index contributed by atoms with van der Waals surface area (Å²) in [4.78, 5) is 28.7. The highest BCUT2D eigenvalue weighted by Crippen LogP contribution is 2.40. The zero-order valence-electron chi connectivity index (χ0n) is 16.2. The zero-order chi connectivity index (χ0) is 20.3. The van der Waals surface area contributed by atoms with Crippen molar-refractivity contribution in [2.24, 2.45) is 0 Å². The SMILES string of the molecule is Nc1ccn([C@@H]2CO[C@H](COC(=O)C3(c4ccccc4)CCCCC3)O2)c(=O)n1. The molecule has 1 saturated heterocycles. The molecule has 1 aliphatic heterocycles. The van der Waals surface area contributed by atoms with Gasteiger partial charge in [-0.3, -0.25) is 9.36 Å². The van der Waals surface area contributed by atoms with E-state index >= 15 is 0 Å². The summed E-state index contributed by atoms with van der Waals surface area (Å²) >= 11 is 0. The van der Waals surface area contributed by atoms with Crippen LogP contribution in [-0.2, 0) is 24.4 Å². The van der Waals surface area contributed by atoms with Gasteiger partial charge in [-0.05, 0) is 24.5 Å². The molecule has 0 bridgehead atoms. The van der Waals surface area contributed by atoms with E-state index in [1.165, 1.54) is 16.8 Å². The first kappa shape index (κ1) is 19.6. The zero-order valence-corrected chi connectivity index (χ0v) is 16.2. The second-order valence-corrected chi connectivity index (χ2v) is 7.50. The van der Waals surface area contributed by atoms with Crippen LogP contribution in [0.3, 0.4) is 0 Å². The van der Waals surface area contributed by atoms with E-state index in [4.69, 9.17) is 19.9 Å². The molecule has 1 saturated carbocycles. The molecule has 29 heavy (non-hydrogen) atoms. The van der Waals surface area contributed by atoms with Gasteiger partial charge in [0.15, 0.2) is 12.5 Å². The van der Waals surface area contributed by atoms with E-state index in [-0.39, 0.29) is 25.0 Å². The summed E-state index contributed by atoms with van der Waals surface area (Å²) in [6.45, 7) is 0.138. The fourth-order valence-corrected chi connectivity index (χ4v) is 4.13. The Hall–Kier alpha value is -2.71. The first-order chi connectivity index (χ1) is 14.1. The Morgan fingerprint density at radius 3 is 2.69 bits per heavy atom. The van der Waals surface area contributed by atoms with Crippen molar-refractivity contribution in [3.05, 3.63) is 58.6 Å². The summed E-state index contributed by atoms with van der Waals surface area (Å²) in [5.74, 6) is -0.0975. The summed E-state index contributed by atoms with van der Waals surface area (Å²) in [6, 6.07) is 11.3. The lowest BCUT2D eigenvalue weighted by Gasteiger charge is -2.35. The van der Waals surface area contributed by atoms with Crippen LogP contribution in [0, 0.1) is 0 Å². The Morgan fingerprint density at radius 2 is 1.97 bits per heavy atom. The number of esters is 1. The number of carbonyl (C=O) groups excluding carboxylic acids is 1. The lowest BCUT2D eigenvalue weighted by molar-refractivity contribution is -0.167. The molecule has 2 heterocycles. The molecular formula is C21H25N3O5. The minimum atomic E-state index is -0.732. The van der Waals surface area contributed by atoms with Crippen LogP contribution in [0.25, 0.3) is 0 Å². The molecule has 154 valence electrons. The van der Waals surface area contributed by atoms with Gasteiger partial charge in [-0.1, -0.05) is 49.6 Å². The maximum Gasteiger partial charge on any atom is 0.351 e. The van der Waals surface area contributed by atoms with Crippen LogP contribution in [0.4, 0.5) is 5.82 Å². The molecular weight excluding hydrogens is 374 g/mol. The predicted octanol–water partition coefficient (Wildman–Crippen LogP) is 2.14. The van der Waals surface area contributed by atoms with E-state index in [1.54, 1.807) is 0 Å². The van der Waals surface area contributed by atoms with Crippen molar-refractivity contribution in [2.75, 3.05) is 18.9 Å². The summed E-state index contributed by atoms with van der Waals surface area (Å²) in [7, 11) is 0. The summed E-state index contributed by atoms with van der Waals surface area (Å²) < 4.78 is 18.2. The smallest absolute Gasteiger partial charge is 0.351 e. The summed E-state index contributed by atoms with van der Waals surface area (Å²) in [5, 5.41) is 0. The summed E-state index contributed by atoms with van der Waals surface area (Å²) in [5.41, 5.74) is 5.38. The van der Waals surface area contributed by atoms with Gasteiger partial charge in [-0.2, -0.15) is 4.98 Å². The Kier molecular flexibility index (Phi) is 5.64. The van der Waals surface area contributed by atoms with Gasteiger partial charge < -0.3 is 19.9 Å². The molecule has 1 aliphatic carbocycles. The average Bonchev–Trinajstić information content (AvgIpc) is 3.22. The molecule has 0 spiro atoms. The predicted molar refractivity (Wildman–Crippen MR) is 105 cm³/mol. The third-order valence-corrected chi connectivity index (χ3v) is 5.67. The number of benzene rings is 1. The number of ether oxygens (including phenoxy) is 3. The Bertz CT molecular complexity index is 908. The van der Waals surface area contributed by atoms with Gasteiger partial charge in [0, 0.05) is 6.20 Å². The highest BCUT2D eigenvalue weighted by Gasteiger charge is 2.43. The molecule has 1 aromatic heterocycles. The molecule has 2 aliphatic rings. The molecule has 1 aromatic carbocycles. The number of hydrogen-bond donors (Lipinski definition) is 1. The first-order valence-corrected chi connectivity index (χ1v) is 9.93.